The van der Waals surface area contributed by atoms with Gasteiger partial charge in [-0.05, 0) is 35.0 Å². The van der Waals surface area contributed by atoms with Gasteiger partial charge in [0.1, 0.15) is 18.1 Å². The Morgan fingerprint density at radius 2 is 1.79 bits per heavy atom. The summed E-state index contributed by atoms with van der Waals surface area (Å²) < 4.78 is 11.4. The lowest BCUT2D eigenvalue weighted by Gasteiger charge is -2.12. The molecule has 0 saturated heterocycles. The highest BCUT2D eigenvalue weighted by atomic mass is 32.1. The zero-order valence-electron chi connectivity index (χ0n) is 15.0. The summed E-state index contributed by atoms with van der Waals surface area (Å²) >= 11 is 1.52. The molecule has 140 valence electrons. The molecule has 28 heavy (non-hydrogen) atoms. The van der Waals surface area contributed by atoms with Gasteiger partial charge in [0.05, 0.1) is 16.9 Å². The van der Waals surface area contributed by atoms with Gasteiger partial charge in [-0.25, -0.2) is 4.98 Å². The Morgan fingerprint density at radius 3 is 2.64 bits per heavy atom. The topological polar surface area (TPSA) is 60.5 Å². The molecule has 0 fully saturated rings. The summed E-state index contributed by atoms with van der Waals surface area (Å²) in [5, 5.41) is 6.97. The summed E-state index contributed by atoms with van der Waals surface area (Å²) in [6.45, 7) is 0.267. The molecule has 4 rings (SSSR count). The molecule has 0 aliphatic rings. The van der Waals surface area contributed by atoms with Crippen LogP contribution in [0.3, 0.4) is 0 Å². The quantitative estimate of drug-likeness (QED) is 0.488. The van der Waals surface area contributed by atoms with E-state index in [1.807, 2.05) is 66.0 Å². The van der Waals surface area contributed by atoms with Crippen molar-refractivity contribution < 1.29 is 14.3 Å². The SMILES string of the molecule is O=C(COc1ccc2ccccc2c1)Nc1ccccc1OCc1cscn1. The van der Waals surface area contributed by atoms with Crippen molar-refractivity contribution in [3.63, 3.8) is 0 Å². The smallest absolute Gasteiger partial charge is 0.262 e. The van der Waals surface area contributed by atoms with Crippen LogP contribution in [0.15, 0.2) is 77.6 Å². The van der Waals surface area contributed by atoms with E-state index in [2.05, 4.69) is 10.3 Å². The first-order valence-corrected chi connectivity index (χ1v) is 9.72. The second-order valence-electron chi connectivity index (χ2n) is 6.11. The van der Waals surface area contributed by atoms with Gasteiger partial charge in [0.25, 0.3) is 5.91 Å². The highest BCUT2D eigenvalue weighted by Gasteiger charge is 2.09. The average molecular weight is 390 g/mol. The number of carbonyl (C=O) groups excluding carboxylic acids is 1. The van der Waals surface area contributed by atoms with Crippen LogP contribution < -0.4 is 14.8 Å². The van der Waals surface area contributed by atoms with E-state index >= 15 is 0 Å². The van der Waals surface area contributed by atoms with E-state index in [-0.39, 0.29) is 12.5 Å². The number of benzene rings is 3. The number of amides is 1. The Hall–Kier alpha value is -3.38. The number of aromatic nitrogens is 1. The third-order valence-electron chi connectivity index (χ3n) is 4.11. The minimum atomic E-state index is -0.252. The molecule has 0 aliphatic heterocycles. The molecule has 0 spiro atoms. The largest absolute Gasteiger partial charge is 0.485 e. The van der Waals surface area contributed by atoms with E-state index in [9.17, 15) is 4.79 Å². The van der Waals surface area contributed by atoms with Crippen LogP contribution in [0.2, 0.25) is 0 Å². The molecule has 1 amide bonds. The zero-order valence-corrected chi connectivity index (χ0v) is 15.8. The predicted molar refractivity (Wildman–Crippen MR) is 111 cm³/mol. The maximum Gasteiger partial charge on any atom is 0.262 e. The molecule has 3 aromatic carbocycles. The molecule has 5 nitrogen and oxygen atoms in total. The Bertz CT molecular complexity index is 1080. The van der Waals surface area contributed by atoms with Crippen LogP contribution in [0.25, 0.3) is 10.8 Å². The summed E-state index contributed by atoms with van der Waals surface area (Å²) in [7, 11) is 0. The van der Waals surface area contributed by atoms with E-state index in [1.54, 1.807) is 11.6 Å². The Balaban J connectivity index is 1.36. The van der Waals surface area contributed by atoms with Crippen LogP contribution >= 0.6 is 11.3 Å². The number of thiazole rings is 1. The molecular formula is C22H18N2O3S. The molecule has 0 saturated carbocycles. The van der Waals surface area contributed by atoms with Crippen LogP contribution in [0.4, 0.5) is 5.69 Å². The molecule has 0 atom stereocenters. The van der Waals surface area contributed by atoms with E-state index in [1.165, 1.54) is 11.3 Å². The maximum absolute atomic E-state index is 12.3. The van der Waals surface area contributed by atoms with Gasteiger partial charge in [-0.15, -0.1) is 11.3 Å². The first kappa shape index (κ1) is 18.0. The number of rotatable bonds is 7. The second-order valence-corrected chi connectivity index (χ2v) is 6.83. The van der Waals surface area contributed by atoms with Crippen molar-refractivity contribution in [3.8, 4) is 11.5 Å². The number of carbonyl (C=O) groups is 1. The summed E-state index contributed by atoms with van der Waals surface area (Å²) in [6, 6.07) is 21.1. The molecule has 0 bridgehead atoms. The number of para-hydroxylation sites is 2. The number of hydrogen-bond donors (Lipinski definition) is 1. The number of nitrogens with zero attached hydrogens (tertiary/aromatic N) is 1. The molecule has 0 radical (unpaired) electrons. The second kappa shape index (κ2) is 8.54. The molecule has 1 N–H and O–H groups in total. The number of anilines is 1. The lowest BCUT2D eigenvalue weighted by Crippen LogP contribution is -2.20. The number of nitrogens with one attached hydrogen (secondary N) is 1. The van der Waals surface area contributed by atoms with Gasteiger partial charge in [-0.2, -0.15) is 0 Å². The Kier molecular flexibility index (Phi) is 5.49. The number of ether oxygens (including phenoxy) is 2. The molecule has 1 heterocycles. The third-order valence-corrected chi connectivity index (χ3v) is 4.75. The van der Waals surface area contributed by atoms with E-state index in [0.717, 1.165) is 16.5 Å². The van der Waals surface area contributed by atoms with Crippen molar-refractivity contribution in [2.75, 3.05) is 11.9 Å². The number of hydrogen-bond acceptors (Lipinski definition) is 5. The minimum Gasteiger partial charge on any atom is -0.485 e. The van der Waals surface area contributed by atoms with Crippen molar-refractivity contribution >= 4 is 33.7 Å². The fourth-order valence-electron chi connectivity index (χ4n) is 2.75. The van der Waals surface area contributed by atoms with Crippen LogP contribution in [0, 0.1) is 0 Å². The lowest BCUT2D eigenvalue weighted by atomic mass is 10.1. The highest BCUT2D eigenvalue weighted by molar-refractivity contribution is 7.07. The zero-order chi connectivity index (χ0) is 19.2. The summed E-state index contributed by atoms with van der Waals surface area (Å²) in [5.74, 6) is 0.995. The van der Waals surface area contributed by atoms with E-state index < -0.39 is 0 Å². The van der Waals surface area contributed by atoms with Crippen molar-refractivity contribution in [3.05, 3.63) is 83.3 Å². The van der Waals surface area contributed by atoms with Crippen LogP contribution in [0.5, 0.6) is 11.5 Å². The average Bonchev–Trinajstić information content (AvgIpc) is 3.25. The fraction of sp³-hybridized carbons (Fsp3) is 0.0909. The van der Waals surface area contributed by atoms with Gasteiger partial charge in [-0.3, -0.25) is 4.79 Å². The first-order valence-electron chi connectivity index (χ1n) is 8.78. The van der Waals surface area contributed by atoms with Crippen LogP contribution in [-0.4, -0.2) is 17.5 Å². The standard InChI is InChI=1S/C22H18N2O3S/c25-22(13-26-19-10-9-16-5-1-2-6-17(16)11-19)24-20-7-3-4-8-21(20)27-12-18-14-28-15-23-18/h1-11,14-15H,12-13H2,(H,24,25). The summed E-state index contributed by atoms with van der Waals surface area (Å²) in [6.07, 6.45) is 0. The van der Waals surface area contributed by atoms with Crippen molar-refractivity contribution in [1.29, 1.82) is 0 Å². The third kappa shape index (κ3) is 4.47. The van der Waals surface area contributed by atoms with Crippen molar-refractivity contribution in [2.24, 2.45) is 0 Å². The predicted octanol–water partition coefficient (Wildman–Crippen LogP) is 4.89. The lowest BCUT2D eigenvalue weighted by molar-refractivity contribution is -0.118. The summed E-state index contributed by atoms with van der Waals surface area (Å²) in [5.41, 5.74) is 3.21. The Morgan fingerprint density at radius 1 is 0.964 bits per heavy atom. The van der Waals surface area contributed by atoms with E-state index in [4.69, 9.17) is 9.47 Å². The van der Waals surface area contributed by atoms with Gasteiger partial charge in [-0.1, -0.05) is 42.5 Å². The molecule has 4 aromatic rings. The fourth-order valence-corrected chi connectivity index (χ4v) is 3.29. The van der Waals surface area contributed by atoms with Crippen LogP contribution in [0.1, 0.15) is 5.69 Å². The monoisotopic (exact) mass is 390 g/mol. The van der Waals surface area contributed by atoms with Gasteiger partial charge < -0.3 is 14.8 Å². The van der Waals surface area contributed by atoms with E-state index in [0.29, 0.717) is 23.8 Å². The van der Waals surface area contributed by atoms with Gasteiger partial charge in [0.2, 0.25) is 0 Å². The summed E-state index contributed by atoms with van der Waals surface area (Å²) in [4.78, 5) is 16.5. The number of fused-ring (bicyclic) bond motifs is 1. The molecular weight excluding hydrogens is 372 g/mol. The molecule has 1 aromatic heterocycles. The first-order chi connectivity index (χ1) is 13.8. The molecule has 0 unspecified atom stereocenters. The van der Waals surface area contributed by atoms with Gasteiger partial charge >= 0.3 is 0 Å². The Labute approximate surface area is 166 Å². The normalized spacial score (nSPS) is 10.6. The minimum absolute atomic E-state index is 0.0846. The van der Waals surface area contributed by atoms with Crippen molar-refractivity contribution in [1.82, 2.24) is 4.98 Å². The van der Waals surface area contributed by atoms with Gasteiger partial charge in [0.15, 0.2) is 6.61 Å². The maximum atomic E-state index is 12.3. The van der Waals surface area contributed by atoms with Crippen LogP contribution in [-0.2, 0) is 11.4 Å². The highest BCUT2D eigenvalue weighted by Crippen LogP contribution is 2.25. The molecule has 6 heteroatoms. The molecule has 0 aliphatic carbocycles. The van der Waals surface area contributed by atoms with Gasteiger partial charge in [0, 0.05) is 5.38 Å². The van der Waals surface area contributed by atoms with Crippen molar-refractivity contribution in [2.45, 2.75) is 6.61 Å².